The number of primary amides is 1. The van der Waals surface area contributed by atoms with Crippen LogP contribution in [-0.4, -0.2) is 32.4 Å². The number of rotatable bonds is 7. The largest absolute Gasteiger partial charge is 0.369 e. The van der Waals surface area contributed by atoms with E-state index in [4.69, 9.17) is 5.73 Å². The predicted octanol–water partition coefficient (Wildman–Crippen LogP) is 0.303. The number of amides is 1. The van der Waals surface area contributed by atoms with Gasteiger partial charge in [-0.25, -0.2) is 18.1 Å². The molecule has 0 fully saturated rings. The van der Waals surface area contributed by atoms with Crippen LogP contribution in [0.15, 0.2) is 23.2 Å². The zero-order valence-corrected chi connectivity index (χ0v) is 12.6. The van der Waals surface area contributed by atoms with Gasteiger partial charge in [-0.2, -0.15) is 0 Å². The average molecular weight is 300 g/mol. The van der Waals surface area contributed by atoms with Crippen molar-refractivity contribution in [3.05, 3.63) is 18.3 Å². The van der Waals surface area contributed by atoms with Gasteiger partial charge < -0.3 is 11.1 Å². The van der Waals surface area contributed by atoms with Crippen LogP contribution in [0.4, 0.5) is 5.82 Å². The topological polar surface area (TPSA) is 114 Å². The minimum absolute atomic E-state index is 0.0436. The van der Waals surface area contributed by atoms with Crippen LogP contribution < -0.4 is 15.8 Å². The second-order valence-corrected chi connectivity index (χ2v) is 6.69. The van der Waals surface area contributed by atoms with Gasteiger partial charge in [0.1, 0.15) is 10.7 Å². The Morgan fingerprint density at radius 1 is 1.45 bits per heavy atom. The van der Waals surface area contributed by atoms with Gasteiger partial charge in [0.2, 0.25) is 15.9 Å². The van der Waals surface area contributed by atoms with Crippen LogP contribution in [0.25, 0.3) is 0 Å². The molecule has 112 valence electrons. The molecular formula is C12H20N4O3S. The smallest absolute Gasteiger partial charge is 0.244 e. The van der Waals surface area contributed by atoms with Crippen LogP contribution >= 0.6 is 0 Å². The third-order valence-electron chi connectivity index (χ3n) is 2.78. The van der Waals surface area contributed by atoms with Gasteiger partial charge in [-0.3, -0.25) is 4.79 Å². The summed E-state index contributed by atoms with van der Waals surface area (Å²) in [6, 6.07) is 2.99. The van der Waals surface area contributed by atoms with Gasteiger partial charge in [0.05, 0.1) is 5.41 Å². The van der Waals surface area contributed by atoms with Crippen LogP contribution in [-0.2, 0) is 14.8 Å². The molecule has 1 heterocycles. The number of anilines is 1. The van der Waals surface area contributed by atoms with Crippen LogP contribution in [0.5, 0.6) is 0 Å². The number of hydrogen-bond acceptors (Lipinski definition) is 5. The second kappa shape index (κ2) is 6.19. The van der Waals surface area contributed by atoms with Crippen molar-refractivity contribution < 1.29 is 13.2 Å². The number of aromatic nitrogens is 1. The van der Waals surface area contributed by atoms with Gasteiger partial charge in [0.15, 0.2) is 0 Å². The molecule has 1 aromatic heterocycles. The number of pyridine rings is 1. The fraction of sp³-hybridized carbons (Fsp3) is 0.500. The van der Waals surface area contributed by atoms with Gasteiger partial charge in [0.25, 0.3) is 0 Å². The number of nitrogens with zero attached hydrogens (tertiary/aromatic N) is 1. The number of nitrogens with two attached hydrogens (primary N) is 1. The first-order valence-electron chi connectivity index (χ1n) is 6.19. The molecule has 0 radical (unpaired) electrons. The quantitative estimate of drug-likeness (QED) is 0.670. The standard InChI is InChI=1S/C12H20N4O3S/c1-4-14-10-9(6-5-7-15-10)20(18,19)16-8-12(2,3)11(13)17/h5-7,16H,4,8H2,1-3H3,(H2,13,17)(H,14,15). The van der Waals surface area contributed by atoms with Gasteiger partial charge in [0, 0.05) is 19.3 Å². The lowest BCUT2D eigenvalue weighted by atomic mass is 9.93. The third kappa shape index (κ3) is 3.91. The van der Waals surface area contributed by atoms with E-state index in [1.807, 2.05) is 6.92 Å². The molecular weight excluding hydrogens is 280 g/mol. The molecule has 1 amide bonds. The molecule has 0 bridgehead atoms. The molecule has 1 rings (SSSR count). The second-order valence-electron chi connectivity index (χ2n) is 4.95. The van der Waals surface area contributed by atoms with Crippen molar-refractivity contribution in [2.24, 2.45) is 11.1 Å². The summed E-state index contributed by atoms with van der Waals surface area (Å²) in [5.74, 6) is -0.294. The Kier molecular flexibility index (Phi) is 5.07. The van der Waals surface area contributed by atoms with Gasteiger partial charge in [-0.05, 0) is 32.9 Å². The van der Waals surface area contributed by atoms with E-state index in [2.05, 4.69) is 15.0 Å². The highest BCUT2D eigenvalue weighted by Crippen LogP contribution is 2.19. The van der Waals surface area contributed by atoms with Gasteiger partial charge in [-0.1, -0.05) is 0 Å². The monoisotopic (exact) mass is 300 g/mol. The van der Waals surface area contributed by atoms with Crippen molar-refractivity contribution in [1.29, 1.82) is 0 Å². The highest BCUT2D eigenvalue weighted by atomic mass is 32.2. The van der Waals surface area contributed by atoms with Crippen molar-refractivity contribution in [3.8, 4) is 0 Å². The van der Waals surface area contributed by atoms with Crippen molar-refractivity contribution >= 4 is 21.7 Å². The molecule has 0 aliphatic carbocycles. The Morgan fingerprint density at radius 2 is 2.10 bits per heavy atom. The molecule has 0 aromatic carbocycles. The van der Waals surface area contributed by atoms with Crippen LogP contribution in [0.1, 0.15) is 20.8 Å². The lowest BCUT2D eigenvalue weighted by Gasteiger charge is -2.21. The number of hydrogen-bond donors (Lipinski definition) is 3. The first kappa shape index (κ1) is 16.4. The molecule has 8 heteroatoms. The number of carbonyl (C=O) groups is 1. The molecule has 1 aromatic rings. The van der Waals surface area contributed by atoms with Crippen molar-refractivity contribution in [2.75, 3.05) is 18.4 Å². The Morgan fingerprint density at radius 3 is 2.65 bits per heavy atom. The van der Waals surface area contributed by atoms with Crippen molar-refractivity contribution in [2.45, 2.75) is 25.7 Å². The molecule has 0 aliphatic rings. The normalized spacial score (nSPS) is 12.2. The number of nitrogens with one attached hydrogen (secondary N) is 2. The molecule has 4 N–H and O–H groups in total. The molecule has 20 heavy (non-hydrogen) atoms. The summed E-state index contributed by atoms with van der Waals surface area (Å²) in [5.41, 5.74) is 4.25. The molecule has 0 unspecified atom stereocenters. The minimum atomic E-state index is -3.76. The summed E-state index contributed by atoms with van der Waals surface area (Å²) >= 11 is 0. The number of carbonyl (C=O) groups excluding carboxylic acids is 1. The maximum atomic E-state index is 12.3. The molecule has 0 aliphatic heterocycles. The van der Waals surface area contributed by atoms with Crippen molar-refractivity contribution in [1.82, 2.24) is 9.71 Å². The van der Waals surface area contributed by atoms with E-state index in [0.717, 1.165) is 0 Å². The zero-order chi connectivity index (χ0) is 15.4. The van der Waals surface area contributed by atoms with E-state index in [0.29, 0.717) is 6.54 Å². The zero-order valence-electron chi connectivity index (χ0n) is 11.8. The molecule has 0 saturated heterocycles. The molecule has 0 spiro atoms. The first-order valence-corrected chi connectivity index (χ1v) is 7.67. The third-order valence-corrected chi connectivity index (χ3v) is 4.21. The summed E-state index contributed by atoms with van der Waals surface area (Å²) in [4.78, 5) is 15.2. The minimum Gasteiger partial charge on any atom is -0.369 e. The van der Waals surface area contributed by atoms with Crippen molar-refractivity contribution in [3.63, 3.8) is 0 Å². The molecule has 0 atom stereocenters. The first-order chi connectivity index (χ1) is 9.20. The van der Waals surface area contributed by atoms with E-state index in [-0.39, 0.29) is 17.3 Å². The summed E-state index contributed by atoms with van der Waals surface area (Å²) < 4.78 is 26.9. The lowest BCUT2D eigenvalue weighted by Crippen LogP contribution is -2.42. The fourth-order valence-electron chi connectivity index (χ4n) is 1.35. The summed E-state index contributed by atoms with van der Waals surface area (Å²) in [6.07, 6.45) is 1.50. The van der Waals surface area contributed by atoms with E-state index in [1.165, 1.54) is 18.3 Å². The Bertz CT molecular complexity index is 584. The SMILES string of the molecule is CCNc1ncccc1S(=O)(=O)NCC(C)(C)C(N)=O. The Labute approximate surface area is 119 Å². The highest BCUT2D eigenvalue weighted by molar-refractivity contribution is 7.89. The molecule has 7 nitrogen and oxygen atoms in total. The fourth-order valence-corrected chi connectivity index (χ4v) is 2.69. The predicted molar refractivity (Wildman–Crippen MR) is 76.6 cm³/mol. The van der Waals surface area contributed by atoms with E-state index in [1.54, 1.807) is 13.8 Å². The van der Waals surface area contributed by atoms with Gasteiger partial charge >= 0.3 is 0 Å². The van der Waals surface area contributed by atoms with E-state index in [9.17, 15) is 13.2 Å². The summed E-state index contributed by atoms with van der Waals surface area (Å²) in [7, 11) is -3.76. The van der Waals surface area contributed by atoms with Crippen LogP contribution in [0.2, 0.25) is 0 Å². The Hall–Kier alpha value is -1.67. The van der Waals surface area contributed by atoms with E-state index < -0.39 is 21.3 Å². The van der Waals surface area contributed by atoms with Crippen LogP contribution in [0.3, 0.4) is 0 Å². The number of sulfonamides is 1. The molecule has 0 saturated carbocycles. The Balaban J connectivity index is 2.98. The maximum Gasteiger partial charge on any atom is 0.244 e. The highest BCUT2D eigenvalue weighted by Gasteiger charge is 2.28. The lowest BCUT2D eigenvalue weighted by molar-refractivity contribution is -0.125. The van der Waals surface area contributed by atoms with Crippen LogP contribution in [0, 0.1) is 5.41 Å². The summed E-state index contributed by atoms with van der Waals surface area (Å²) in [5, 5.41) is 2.88. The summed E-state index contributed by atoms with van der Waals surface area (Å²) in [6.45, 7) is 5.46. The van der Waals surface area contributed by atoms with E-state index >= 15 is 0 Å². The average Bonchev–Trinajstić information content (AvgIpc) is 2.37. The van der Waals surface area contributed by atoms with Gasteiger partial charge in [-0.15, -0.1) is 0 Å². The maximum absolute atomic E-state index is 12.3.